The van der Waals surface area contributed by atoms with E-state index < -0.39 is 10.0 Å². The molecule has 1 aromatic carbocycles. The fraction of sp³-hybridized carbons (Fsp3) is 0.333. The van der Waals surface area contributed by atoms with Crippen molar-refractivity contribution in [3.05, 3.63) is 52.2 Å². The smallest absolute Gasteiger partial charge is 0.240 e. The second-order valence-electron chi connectivity index (χ2n) is 4.78. The minimum atomic E-state index is -3.41. The number of benzene rings is 1. The number of likely N-dealkylation sites (N-methyl/N-ethyl adjacent to an activating group) is 1. The Balaban J connectivity index is 1.92. The molecule has 0 saturated carbocycles. The Labute approximate surface area is 130 Å². The maximum Gasteiger partial charge on any atom is 0.240 e. The first-order valence-corrected chi connectivity index (χ1v) is 9.29. The number of rotatable bonds is 8. The molecule has 0 aliphatic rings. The zero-order chi connectivity index (χ0) is 15.1. The van der Waals surface area contributed by atoms with Crippen LogP contribution in [0.4, 0.5) is 0 Å². The third kappa shape index (κ3) is 4.93. The molecular formula is C15H20N2O2S2. The van der Waals surface area contributed by atoms with Crippen LogP contribution >= 0.6 is 11.3 Å². The van der Waals surface area contributed by atoms with Gasteiger partial charge < -0.3 is 5.32 Å². The van der Waals surface area contributed by atoms with Crippen molar-refractivity contribution < 1.29 is 8.42 Å². The lowest BCUT2D eigenvalue weighted by Crippen LogP contribution is -2.25. The van der Waals surface area contributed by atoms with Crippen LogP contribution in [0.2, 0.25) is 0 Å². The summed E-state index contributed by atoms with van der Waals surface area (Å²) in [5.74, 6) is 0. The zero-order valence-corrected chi connectivity index (χ0v) is 13.6. The van der Waals surface area contributed by atoms with Crippen LogP contribution in [-0.2, 0) is 22.9 Å². The predicted molar refractivity (Wildman–Crippen MR) is 87.3 cm³/mol. The molecule has 2 N–H and O–H groups in total. The van der Waals surface area contributed by atoms with E-state index in [1.165, 1.54) is 0 Å². The maximum atomic E-state index is 12.2. The molecule has 0 aliphatic heterocycles. The van der Waals surface area contributed by atoms with Crippen LogP contribution in [0.25, 0.3) is 0 Å². The van der Waals surface area contributed by atoms with Crippen molar-refractivity contribution in [2.75, 3.05) is 20.1 Å². The number of hydrogen-bond acceptors (Lipinski definition) is 4. The summed E-state index contributed by atoms with van der Waals surface area (Å²) in [4.78, 5) is 0.320. The minimum Gasteiger partial charge on any atom is -0.319 e. The van der Waals surface area contributed by atoms with E-state index >= 15 is 0 Å². The number of sulfonamides is 1. The van der Waals surface area contributed by atoms with Gasteiger partial charge in [0.1, 0.15) is 0 Å². The quantitative estimate of drug-likeness (QED) is 0.781. The van der Waals surface area contributed by atoms with Crippen molar-refractivity contribution in [2.24, 2.45) is 0 Å². The van der Waals surface area contributed by atoms with Crippen LogP contribution in [0.5, 0.6) is 0 Å². The molecule has 0 radical (unpaired) electrons. The minimum absolute atomic E-state index is 0.320. The summed E-state index contributed by atoms with van der Waals surface area (Å²) in [6.45, 7) is 1.30. The van der Waals surface area contributed by atoms with Crippen molar-refractivity contribution >= 4 is 21.4 Å². The Bertz CT molecular complexity index is 635. The van der Waals surface area contributed by atoms with E-state index in [-0.39, 0.29) is 0 Å². The van der Waals surface area contributed by atoms with E-state index in [2.05, 4.69) is 10.0 Å². The monoisotopic (exact) mass is 324 g/mol. The summed E-state index contributed by atoms with van der Waals surface area (Å²) in [6.07, 6.45) is 1.60. The fourth-order valence-electron chi connectivity index (χ4n) is 1.95. The Kier molecular flexibility index (Phi) is 5.93. The normalized spacial score (nSPS) is 11.7. The molecule has 2 rings (SSSR count). The van der Waals surface area contributed by atoms with Gasteiger partial charge in [0.15, 0.2) is 0 Å². The van der Waals surface area contributed by atoms with Crippen molar-refractivity contribution in [2.45, 2.75) is 17.7 Å². The van der Waals surface area contributed by atoms with E-state index in [9.17, 15) is 8.42 Å². The molecule has 1 aromatic heterocycles. The first-order chi connectivity index (χ1) is 10.1. The molecule has 21 heavy (non-hydrogen) atoms. The van der Waals surface area contributed by atoms with E-state index in [1.807, 2.05) is 36.0 Å². The van der Waals surface area contributed by atoms with Gasteiger partial charge in [-0.2, -0.15) is 11.3 Å². The highest BCUT2D eigenvalue weighted by Crippen LogP contribution is 2.11. The average molecular weight is 324 g/mol. The Morgan fingerprint density at radius 3 is 2.33 bits per heavy atom. The summed E-state index contributed by atoms with van der Waals surface area (Å²) >= 11 is 1.62. The highest BCUT2D eigenvalue weighted by Gasteiger charge is 2.13. The molecule has 0 bridgehead atoms. The molecular weight excluding hydrogens is 304 g/mol. The second-order valence-corrected chi connectivity index (χ2v) is 7.32. The van der Waals surface area contributed by atoms with Gasteiger partial charge in [0, 0.05) is 6.54 Å². The lowest BCUT2D eigenvalue weighted by atomic mass is 10.1. The topological polar surface area (TPSA) is 58.2 Å². The maximum absolute atomic E-state index is 12.2. The summed E-state index contributed by atoms with van der Waals surface area (Å²) in [7, 11) is -1.51. The van der Waals surface area contributed by atoms with Gasteiger partial charge in [-0.15, -0.1) is 0 Å². The summed E-state index contributed by atoms with van der Waals surface area (Å²) in [5.41, 5.74) is 2.28. The SMILES string of the molecule is CNCCc1ccc(S(=O)(=O)NCCc2ccsc2)cc1. The van der Waals surface area contributed by atoms with Crippen molar-refractivity contribution in [1.29, 1.82) is 0 Å². The van der Waals surface area contributed by atoms with Crippen molar-refractivity contribution in [1.82, 2.24) is 10.0 Å². The zero-order valence-electron chi connectivity index (χ0n) is 12.0. The van der Waals surface area contributed by atoms with Gasteiger partial charge in [-0.25, -0.2) is 13.1 Å². The Morgan fingerprint density at radius 2 is 1.71 bits per heavy atom. The van der Waals surface area contributed by atoms with Crippen LogP contribution in [0.15, 0.2) is 46.0 Å². The Hall–Kier alpha value is -1.21. The third-order valence-electron chi connectivity index (χ3n) is 3.18. The van der Waals surface area contributed by atoms with Crippen molar-refractivity contribution in [3.63, 3.8) is 0 Å². The molecule has 1 heterocycles. The number of nitrogens with one attached hydrogen (secondary N) is 2. The molecule has 6 heteroatoms. The number of thiophene rings is 1. The molecule has 0 atom stereocenters. The largest absolute Gasteiger partial charge is 0.319 e. The van der Waals surface area contributed by atoms with Gasteiger partial charge >= 0.3 is 0 Å². The van der Waals surface area contributed by atoms with E-state index in [1.54, 1.807) is 23.5 Å². The molecule has 0 saturated heterocycles. The molecule has 114 valence electrons. The van der Waals surface area contributed by atoms with E-state index in [4.69, 9.17) is 0 Å². The van der Waals surface area contributed by atoms with Crippen LogP contribution < -0.4 is 10.0 Å². The standard InChI is InChI=1S/C15H20N2O2S2/c1-16-9-6-13-2-4-15(5-3-13)21(18,19)17-10-7-14-8-11-20-12-14/h2-5,8,11-12,16-17H,6-7,9-10H2,1H3. The van der Waals surface area contributed by atoms with Crippen LogP contribution in [0, 0.1) is 0 Å². The Morgan fingerprint density at radius 1 is 1.00 bits per heavy atom. The molecule has 0 fully saturated rings. The number of hydrogen-bond donors (Lipinski definition) is 2. The molecule has 4 nitrogen and oxygen atoms in total. The van der Waals surface area contributed by atoms with Crippen molar-refractivity contribution in [3.8, 4) is 0 Å². The van der Waals surface area contributed by atoms with Crippen LogP contribution in [0.3, 0.4) is 0 Å². The van der Waals surface area contributed by atoms with E-state index in [0.717, 1.165) is 24.1 Å². The molecule has 0 unspecified atom stereocenters. The molecule has 0 aliphatic carbocycles. The van der Waals surface area contributed by atoms with Gasteiger partial charge in [0.2, 0.25) is 10.0 Å². The van der Waals surface area contributed by atoms with E-state index in [0.29, 0.717) is 17.9 Å². The van der Waals surface area contributed by atoms with Gasteiger partial charge in [-0.1, -0.05) is 12.1 Å². The third-order valence-corrected chi connectivity index (χ3v) is 5.39. The lowest BCUT2D eigenvalue weighted by molar-refractivity contribution is 0.581. The first-order valence-electron chi connectivity index (χ1n) is 6.86. The summed E-state index contributed by atoms with van der Waals surface area (Å²) in [6, 6.07) is 9.07. The van der Waals surface area contributed by atoms with Crippen LogP contribution in [-0.4, -0.2) is 28.6 Å². The lowest BCUT2D eigenvalue weighted by Gasteiger charge is -2.07. The highest BCUT2D eigenvalue weighted by atomic mass is 32.2. The first kappa shape index (κ1) is 16.2. The molecule has 0 spiro atoms. The molecule has 2 aromatic rings. The van der Waals surface area contributed by atoms with Gasteiger partial charge in [0.05, 0.1) is 4.90 Å². The van der Waals surface area contributed by atoms with Gasteiger partial charge in [-0.05, 0) is 66.5 Å². The van der Waals surface area contributed by atoms with Gasteiger partial charge in [0.25, 0.3) is 0 Å². The van der Waals surface area contributed by atoms with Gasteiger partial charge in [-0.3, -0.25) is 0 Å². The summed E-state index contributed by atoms with van der Waals surface area (Å²) < 4.78 is 27.0. The second kappa shape index (κ2) is 7.70. The highest BCUT2D eigenvalue weighted by molar-refractivity contribution is 7.89. The average Bonchev–Trinajstić information content (AvgIpc) is 2.98. The predicted octanol–water partition coefficient (Wildman–Crippen LogP) is 2.03. The fourth-order valence-corrected chi connectivity index (χ4v) is 3.69. The molecule has 0 amide bonds. The van der Waals surface area contributed by atoms with Crippen LogP contribution in [0.1, 0.15) is 11.1 Å². The summed E-state index contributed by atoms with van der Waals surface area (Å²) in [5, 5.41) is 7.10.